The van der Waals surface area contributed by atoms with Crippen molar-refractivity contribution in [2.24, 2.45) is 11.7 Å². The van der Waals surface area contributed by atoms with E-state index in [0.29, 0.717) is 5.13 Å². The molecule has 0 fully saturated rings. The van der Waals surface area contributed by atoms with Gasteiger partial charge in [-0.1, -0.05) is 23.6 Å². The zero-order valence-corrected chi connectivity index (χ0v) is 10.5. The van der Waals surface area contributed by atoms with E-state index in [4.69, 9.17) is 18.0 Å². The Morgan fingerprint density at radius 1 is 1.86 bits per heavy atom. The summed E-state index contributed by atoms with van der Waals surface area (Å²) in [5.74, 6) is -0.716. The molecule has 0 saturated carbocycles. The molecule has 0 saturated heterocycles. The molecule has 1 aromatic rings. The lowest BCUT2D eigenvalue weighted by Crippen LogP contribution is -2.30. The Labute approximate surface area is 99.0 Å². The Balaban J connectivity index is 2.61. The number of hydrogen-bond acceptors (Lipinski definition) is 4. The fraction of sp³-hybridized carbons (Fsp3) is 0.286. The molecule has 3 N–H and O–H groups in total. The van der Waals surface area contributed by atoms with Crippen LogP contribution in [0.2, 0.25) is 0 Å². The molecule has 0 aliphatic rings. The van der Waals surface area contributed by atoms with E-state index in [-0.39, 0.29) is 10.9 Å². The van der Waals surface area contributed by atoms with E-state index in [1.807, 2.05) is 0 Å². The van der Waals surface area contributed by atoms with Crippen LogP contribution in [0.5, 0.6) is 0 Å². The predicted octanol–water partition coefficient (Wildman–Crippen LogP) is 1.77. The highest BCUT2D eigenvalue weighted by molar-refractivity contribution is 9.11. The fourth-order valence-corrected chi connectivity index (χ4v) is 1.87. The number of nitrogens with zero attached hydrogens (tertiary/aromatic N) is 1. The van der Waals surface area contributed by atoms with Crippen LogP contribution in [0.3, 0.4) is 0 Å². The topological polar surface area (TPSA) is 68.0 Å². The fourth-order valence-electron chi connectivity index (χ4n) is 0.655. The molecular weight excluding hydrogens is 286 g/mol. The van der Waals surface area contributed by atoms with E-state index in [9.17, 15) is 4.79 Å². The molecule has 1 amide bonds. The van der Waals surface area contributed by atoms with Crippen LogP contribution in [0.4, 0.5) is 5.13 Å². The van der Waals surface area contributed by atoms with Crippen molar-refractivity contribution in [1.82, 2.24) is 4.98 Å². The Morgan fingerprint density at radius 2 is 2.50 bits per heavy atom. The highest BCUT2D eigenvalue weighted by Gasteiger charge is 2.16. The summed E-state index contributed by atoms with van der Waals surface area (Å²) in [6.07, 6.45) is 1.62. The number of hydrogen-bond donors (Lipinski definition) is 2. The van der Waals surface area contributed by atoms with Gasteiger partial charge in [0.05, 0.1) is 20.9 Å². The predicted molar refractivity (Wildman–Crippen MR) is 64.4 cm³/mol. The summed E-state index contributed by atoms with van der Waals surface area (Å²) in [5.41, 5.74) is 5.34. The van der Waals surface area contributed by atoms with Gasteiger partial charge in [-0.25, -0.2) is 4.98 Å². The van der Waals surface area contributed by atoms with E-state index >= 15 is 0 Å². The number of anilines is 1. The van der Waals surface area contributed by atoms with Crippen LogP contribution in [0.1, 0.15) is 6.92 Å². The van der Waals surface area contributed by atoms with Crippen molar-refractivity contribution in [3.63, 3.8) is 0 Å². The number of nitrogens with one attached hydrogen (secondary N) is 1. The molecule has 0 aromatic carbocycles. The Bertz CT molecular complexity index is 366. The standard InChI is InChI=1S/C7H8BrN3OS2/c1-3(5(9)13)6(12)11-7-10-2-4(8)14-7/h2-3H,1H3,(H2,9,13)(H,10,11,12). The van der Waals surface area contributed by atoms with Crippen molar-refractivity contribution in [2.75, 3.05) is 5.32 Å². The van der Waals surface area contributed by atoms with Crippen molar-refractivity contribution in [1.29, 1.82) is 0 Å². The van der Waals surface area contributed by atoms with Gasteiger partial charge < -0.3 is 11.1 Å². The molecule has 1 atom stereocenters. The number of thiocarbonyl (C=S) groups is 1. The average Bonchev–Trinajstić information content (AvgIpc) is 2.49. The molecule has 0 radical (unpaired) electrons. The summed E-state index contributed by atoms with van der Waals surface area (Å²) in [6, 6.07) is 0. The van der Waals surface area contributed by atoms with Crippen LogP contribution in [0.25, 0.3) is 0 Å². The molecule has 4 nitrogen and oxygen atoms in total. The quantitative estimate of drug-likeness (QED) is 0.834. The van der Waals surface area contributed by atoms with Crippen molar-refractivity contribution in [2.45, 2.75) is 6.92 Å². The lowest BCUT2D eigenvalue weighted by molar-refractivity contribution is -0.117. The summed E-state index contributed by atoms with van der Waals surface area (Å²) < 4.78 is 0.857. The number of aromatic nitrogens is 1. The second kappa shape index (κ2) is 4.81. The number of halogens is 1. The molecule has 1 unspecified atom stereocenters. The van der Waals surface area contributed by atoms with E-state index in [1.54, 1.807) is 13.1 Å². The first-order valence-corrected chi connectivity index (χ1v) is 5.74. The minimum atomic E-state index is -0.479. The maximum Gasteiger partial charge on any atom is 0.235 e. The van der Waals surface area contributed by atoms with Crippen molar-refractivity contribution >= 4 is 55.5 Å². The Morgan fingerprint density at radius 3 is 2.93 bits per heavy atom. The summed E-state index contributed by atoms with van der Waals surface area (Å²) in [4.78, 5) is 15.6. The van der Waals surface area contributed by atoms with Crippen LogP contribution in [-0.4, -0.2) is 15.9 Å². The zero-order valence-electron chi connectivity index (χ0n) is 7.28. The van der Waals surface area contributed by atoms with Gasteiger partial charge in [0.2, 0.25) is 5.91 Å². The number of carbonyl (C=O) groups excluding carboxylic acids is 1. The zero-order chi connectivity index (χ0) is 10.7. The molecule has 76 valence electrons. The first-order chi connectivity index (χ1) is 6.50. The lowest BCUT2D eigenvalue weighted by Gasteiger charge is -2.07. The third kappa shape index (κ3) is 3.00. The maximum atomic E-state index is 11.4. The minimum absolute atomic E-state index is 0.179. The molecule has 1 rings (SSSR count). The largest absolute Gasteiger partial charge is 0.393 e. The smallest absolute Gasteiger partial charge is 0.235 e. The van der Waals surface area contributed by atoms with Crippen LogP contribution < -0.4 is 11.1 Å². The summed E-state index contributed by atoms with van der Waals surface area (Å²) in [5, 5.41) is 3.15. The van der Waals surface area contributed by atoms with E-state index in [0.717, 1.165) is 3.79 Å². The molecule has 1 aromatic heterocycles. The van der Waals surface area contributed by atoms with Crippen LogP contribution in [0, 0.1) is 5.92 Å². The van der Waals surface area contributed by atoms with Crippen molar-refractivity contribution in [3.05, 3.63) is 9.98 Å². The molecule has 0 spiro atoms. The van der Waals surface area contributed by atoms with Gasteiger partial charge in [0, 0.05) is 0 Å². The van der Waals surface area contributed by atoms with E-state index in [2.05, 4.69) is 26.2 Å². The molecule has 1 heterocycles. The van der Waals surface area contributed by atoms with Crippen molar-refractivity contribution < 1.29 is 4.79 Å². The van der Waals surface area contributed by atoms with E-state index in [1.165, 1.54) is 11.3 Å². The molecule has 0 bridgehead atoms. The van der Waals surface area contributed by atoms with Gasteiger partial charge in [-0.15, -0.1) is 0 Å². The Kier molecular flexibility index (Phi) is 3.97. The van der Waals surface area contributed by atoms with Gasteiger partial charge in [0.1, 0.15) is 0 Å². The SMILES string of the molecule is CC(C(=O)Nc1ncc(Br)s1)C(N)=S. The van der Waals surface area contributed by atoms with Gasteiger partial charge in [-0.3, -0.25) is 4.79 Å². The molecule has 14 heavy (non-hydrogen) atoms. The third-order valence-corrected chi connectivity index (χ3v) is 3.27. The second-order valence-corrected chi connectivity index (χ2v) is 5.46. The lowest BCUT2D eigenvalue weighted by atomic mass is 10.2. The maximum absolute atomic E-state index is 11.4. The molecule has 0 aliphatic heterocycles. The van der Waals surface area contributed by atoms with Gasteiger partial charge in [-0.2, -0.15) is 0 Å². The van der Waals surface area contributed by atoms with Crippen LogP contribution >= 0.6 is 39.5 Å². The summed E-state index contributed by atoms with van der Waals surface area (Å²) >= 11 is 9.28. The van der Waals surface area contributed by atoms with Gasteiger partial charge in [0.25, 0.3) is 0 Å². The van der Waals surface area contributed by atoms with Gasteiger partial charge >= 0.3 is 0 Å². The van der Waals surface area contributed by atoms with Crippen LogP contribution in [-0.2, 0) is 4.79 Å². The molecular formula is C7H8BrN3OS2. The molecule has 0 aliphatic carbocycles. The van der Waals surface area contributed by atoms with Crippen molar-refractivity contribution in [3.8, 4) is 0 Å². The average molecular weight is 294 g/mol. The monoisotopic (exact) mass is 293 g/mol. The van der Waals surface area contributed by atoms with Gasteiger partial charge in [0.15, 0.2) is 5.13 Å². The molecule has 7 heteroatoms. The van der Waals surface area contributed by atoms with Gasteiger partial charge in [-0.05, 0) is 22.9 Å². The highest BCUT2D eigenvalue weighted by Crippen LogP contribution is 2.23. The number of thiazole rings is 1. The highest BCUT2D eigenvalue weighted by atomic mass is 79.9. The number of carbonyl (C=O) groups is 1. The first kappa shape index (κ1) is 11.5. The number of amides is 1. The summed E-state index contributed by atoms with van der Waals surface area (Å²) in [7, 11) is 0. The summed E-state index contributed by atoms with van der Waals surface area (Å²) in [6.45, 7) is 1.65. The normalized spacial score (nSPS) is 12.1. The Hall–Kier alpha value is -0.530. The second-order valence-electron chi connectivity index (χ2n) is 2.58. The first-order valence-electron chi connectivity index (χ1n) is 3.72. The third-order valence-electron chi connectivity index (χ3n) is 1.53. The number of nitrogens with two attached hydrogens (primary N) is 1. The minimum Gasteiger partial charge on any atom is -0.393 e. The van der Waals surface area contributed by atoms with Crippen LogP contribution in [0.15, 0.2) is 9.98 Å². The number of rotatable bonds is 3. The van der Waals surface area contributed by atoms with E-state index < -0.39 is 5.92 Å².